The molecule has 0 aliphatic carbocycles. The van der Waals surface area contributed by atoms with E-state index in [9.17, 15) is 4.79 Å². The van der Waals surface area contributed by atoms with Crippen LogP contribution in [0.2, 0.25) is 4.34 Å². The van der Waals surface area contributed by atoms with E-state index in [0.717, 1.165) is 54.2 Å². The Morgan fingerprint density at radius 2 is 2.00 bits per heavy atom. The van der Waals surface area contributed by atoms with E-state index in [-0.39, 0.29) is 0 Å². The maximum atomic E-state index is 12.7. The van der Waals surface area contributed by atoms with Gasteiger partial charge in [0.15, 0.2) is 5.76 Å². The number of thiophene rings is 1. The molecular formula is C23H24ClN5O3S. The van der Waals surface area contributed by atoms with Gasteiger partial charge in [-0.05, 0) is 24.7 Å². The standard InChI is InChI=1S/C23H24ClN5O3S/c1-2-27-9-11-28(12-10-27)25-23(30)31-22-13-16-5-3-4-6-18(16)29(22)15-17-14-19(32-26-17)20-7-8-21(24)33-20/h3-8,13-14H,2,9-12,15H2,1H3,(H,25,30). The molecule has 1 aliphatic rings. The van der Waals surface area contributed by atoms with Crippen LogP contribution in [0, 0.1) is 0 Å². The molecule has 1 N–H and O–H groups in total. The summed E-state index contributed by atoms with van der Waals surface area (Å²) in [5.74, 6) is 1.11. The van der Waals surface area contributed by atoms with Gasteiger partial charge in [-0.25, -0.2) is 9.80 Å². The Balaban J connectivity index is 1.33. The van der Waals surface area contributed by atoms with Gasteiger partial charge in [-0.15, -0.1) is 11.3 Å². The smallest absolute Gasteiger partial charge is 0.392 e. The van der Waals surface area contributed by atoms with E-state index < -0.39 is 6.09 Å². The maximum absolute atomic E-state index is 12.7. The van der Waals surface area contributed by atoms with Crippen molar-refractivity contribution in [1.82, 2.24) is 25.1 Å². The van der Waals surface area contributed by atoms with Gasteiger partial charge in [-0.3, -0.25) is 5.43 Å². The number of piperazine rings is 1. The molecule has 33 heavy (non-hydrogen) atoms. The highest BCUT2D eigenvalue weighted by atomic mass is 35.5. The lowest BCUT2D eigenvalue weighted by molar-refractivity contribution is 0.0880. The third-order valence-corrected chi connectivity index (χ3v) is 6.98. The minimum atomic E-state index is -0.502. The number of fused-ring (bicyclic) bond motifs is 1. The first kappa shape index (κ1) is 22.0. The number of carbonyl (C=O) groups excluding carboxylic acids is 1. The van der Waals surface area contributed by atoms with Gasteiger partial charge >= 0.3 is 6.09 Å². The maximum Gasteiger partial charge on any atom is 0.428 e. The van der Waals surface area contributed by atoms with Crippen LogP contribution in [0.5, 0.6) is 5.88 Å². The molecule has 5 rings (SSSR count). The Hall–Kier alpha value is -2.85. The van der Waals surface area contributed by atoms with Crippen LogP contribution in [-0.4, -0.2) is 58.4 Å². The number of carbonyl (C=O) groups is 1. The first-order valence-electron chi connectivity index (χ1n) is 10.8. The van der Waals surface area contributed by atoms with Crippen molar-refractivity contribution < 1.29 is 14.1 Å². The number of rotatable bonds is 6. The molecule has 1 fully saturated rings. The first-order valence-corrected chi connectivity index (χ1v) is 12.0. The summed E-state index contributed by atoms with van der Waals surface area (Å²) in [7, 11) is 0. The summed E-state index contributed by atoms with van der Waals surface area (Å²) in [6.45, 7) is 6.92. The van der Waals surface area contributed by atoms with Gasteiger partial charge in [0.25, 0.3) is 0 Å². The average molecular weight is 486 g/mol. The van der Waals surface area contributed by atoms with Gasteiger partial charge < -0.3 is 18.7 Å². The van der Waals surface area contributed by atoms with Crippen molar-refractivity contribution in [3.05, 3.63) is 58.6 Å². The highest BCUT2D eigenvalue weighted by Gasteiger charge is 2.20. The van der Waals surface area contributed by atoms with Crippen molar-refractivity contribution in [2.24, 2.45) is 0 Å². The second kappa shape index (κ2) is 9.56. The summed E-state index contributed by atoms with van der Waals surface area (Å²) in [5, 5.41) is 7.09. The van der Waals surface area contributed by atoms with Crippen LogP contribution in [0.15, 0.2) is 53.1 Å². The molecule has 0 bridgehead atoms. The molecule has 0 atom stereocenters. The third kappa shape index (κ3) is 4.91. The number of hydrazine groups is 1. The Bertz CT molecular complexity index is 1260. The van der Waals surface area contributed by atoms with Crippen LogP contribution in [0.3, 0.4) is 0 Å². The molecule has 4 heterocycles. The number of aromatic nitrogens is 2. The Kier molecular flexibility index (Phi) is 6.37. The number of ether oxygens (including phenoxy) is 1. The lowest BCUT2D eigenvalue weighted by Gasteiger charge is -2.33. The molecule has 1 amide bonds. The minimum Gasteiger partial charge on any atom is -0.392 e. The van der Waals surface area contributed by atoms with E-state index in [1.54, 1.807) is 0 Å². The third-order valence-electron chi connectivity index (χ3n) is 5.73. The molecule has 3 aromatic heterocycles. The number of amides is 1. The van der Waals surface area contributed by atoms with Crippen LogP contribution < -0.4 is 10.2 Å². The fourth-order valence-electron chi connectivity index (χ4n) is 3.97. The largest absolute Gasteiger partial charge is 0.428 e. The summed E-state index contributed by atoms with van der Waals surface area (Å²) in [5.41, 5.74) is 4.53. The molecule has 0 spiro atoms. The number of likely N-dealkylation sites (N-methyl/N-ethyl adjacent to an activating group) is 1. The Morgan fingerprint density at radius 3 is 2.76 bits per heavy atom. The lowest BCUT2D eigenvalue weighted by Crippen LogP contribution is -2.54. The second-order valence-electron chi connectivity index (χ2n) is 7.84. The van der Waals surface area contributed by atoms with E-state index in [2.05, 4.69) is 22.4 Å². The van der Waals surface area contributed by atoms with Crippen LogP contribution in [0.1, 0.15) is 12.6 Å². The predicted molar refractivity (Wildman–Crippen MR) is 129 cm³/mol. The Labute approximate surface area is 200 Å². The SMILES string of the molecule is CCN1CCN(NC(=O)Oc2cc3ccccc3n2Cc2cc(-c3ccc(Cl)s3)on2)CC1. The van der Waals surface area contributed by atoms with Gasteiger partial charge in [0.2, 0.25) is 5.88 Å². The molecular weight excluding hydrogens is 462 g/mol. The lowest BCUT2D eigenvalue weighted by atomic mass is 10.2. The highest BCUT2D eigenvalue weighted by Crippen LogP contribution is 2.32. The van der Waals surface area contributed by atoms with Crippen molar-refractivity contribution >= 4 is 39.9 Å². The monoisotopic (exact) mass is 485 g/mol. The van der Waals surface area contributed by atoms with E-state index in [4.69, 9.17) is 20.9 Å². The van der Waals surface area contributed by atoms with Gasteiger partial charge in [0.1, 0.15) is 5.69 Å². The minimum absolute atomic E-state index is 0.397. The van der Waals surface area contributed by atoms with E-state index in [1.165, 1.54) is 11.3 Å². The molecule has 0 saturated carbocycles. The van der Waals surface area contributed by atoms with E-state index >= 15 is 0 Å². The topological polar surface area (TPSA) is 75.8 Å². The number of hydrogen-bond donors (Lipinski definition) is 1. The van der Waals surface area contributed by atoms with Gasteiger partial charge in [0, 0.05) is 43.7 Å². The zero-order chi connectivity index (χ0) is 22.8. The number of benzene rings is 1. The van der Waals surface area contributed by atoms with Crippen molar-refractivity contribution in [3.63, 3.8) is 0 Å². The zero-order valence-electron chi connectivity index (χ0n) is 18.2. The van der Waals surface area contributed by atoms with Crippen molar-refractivity contribution in [3.8, 4) is 16.5 Å². The molecule has 4 aromatic rings. The van der Waals surface area contributed by atoms with Crippen molar-refractivity contribution in [2.75, 3.05) is 32.7 Å². The van der Waals surface area contributed by atoms with Crippen molar-refractivity contribution in [2.45, 2.75) is 13.5 Å². The van der Waals surface area contributed by atoms with Crippen molar-refractivity contribution in [1.29, 1.82) is 0 Å². The van der Waals surface area contributed by atoms with Gasteiger partial charge in [0.05, 0.1) is 21.3 Å². The van der Waals surface area contributed by atoms with E-state index in [0.29, 0.717) is 22.5 Å². The normalized spacial score (nSPS) is 15.2. The summed E-state index contributed by atoms with van der Waals surface area (Å²) in [6.07, 6.45) is -0.502. The highest BCUT2D eigenvalue weighted by molar-refractivity contribution is 7.19. The zero-order valence-corrected chi connectivity index (χ0v) is 19.7. The fourth-order valence-corrected chi connectivity index (χ4v) is 4.96. The van der Waals surface area contributed by atoms with Gasteiger partial charge in [-0.2, -0.15) is 0 Å². The fraction of sp³-hybridized carbons (Fsp3) is 0.304. The second-order valence-corrected chi connectivity index (χ2v) is 9.55. The molecule has 0 unspecified atom stereocenters. The quantitative estimate of drug-likeness (QED) is 0.426. The molecule has 1 aromatic carbocycles. The molecule has 172 valence electrons. The molecule has 1 aliphatic heterocycles. The number of nitrogens with one attached hydrogen (secondary N) is 1. The number of nitrogens with zero attached hydrogens (tertiary/aromatic N) is 4. The number of hydrogen-bond acceptors (Lipinski definition) is 7. The molecule has 8 nitrogen and oxygen atoms in total. The van der Waals surface area contributed by atoms with Crippen LogP contribution in [0.4, 0.5) is 4.79 Å². The number of para-hydroxylation sites is 1. The van der Waals surface area contributed by atoms with E-state index in [1.807, 2.05) is 58.1 Å². The van der Waals surface area contributed by atoms with Crippen LogP contribution in [0.25, 0.3) is 21.5 Å². The molecule has 1 saturated heterocycles. The summed E-state index contributed by atoms with van der Waals surface area (Å²) >= 11 is 7.48. The Morgan fingerprint density at radius 1 is 1.18 bits per heavy atom. The predicted octanol–water partition coefficient (Wildman–Crippen LogP) is 4.70. The average Bonchev–Trinajstić information content (AvgIpc) is 3.54. The molecule has 10 heteroatoms. The first-order chi connectivity index (χ1) is 16.1. The summed E-state index contributed by atoms with van der Waals surface area (Å²) < 4.78 is 13.9. The van der Waals surface area contributed by atoms with Crippen LogP contribution in [-0.2, 0) is 6.54 Å². The van der Waals surface area contributed by atoms with Gasteiger partial charge in [-0.1, -0.05) is 41.9 Å². The van der Waals surface area contributed by atoms with Crippen LogP contribution >= 0.6 is 22.9 Å². The summed E-state index contributed by atoms with van der Waals surface area (Å²) in [4.78, 5) is 15.9. The summed E-state index contributed by atoms with van der Waals surface area (Å²) in [6, 6.07) is 15.4. The molecule has 0 radical (unpaired) electrons. The number of halogens is 1.